The van der Waals surface area contributed by atoms with Crippen molar-refractivity contribution >= 4 is 0 Å². The fraction of sp³-hybridized carbons (Fsp3) is 0.625. The van der Waals surface area contributed by atoms with Crippen molar-refractivity contribution in [3.05, 3.63) is 34.9 Å². The summed E-state index contributed by atoms with van der Waals surface area (Å²) < 4.78 is 4.08. The van der Waals surface area contributed by atoms with Gasteiger partial charge in [-0.05, 0) is 45.9 Å². The largest absolute Gasteiger partial charge is 0.308 e. The first-order chi connectivity index (χ1) is 10.0. The van der Waals surface area contributed by atoms with Crippen LogP contribution in [0.5, 0.6) is 0 Å². The Hall–Kier alpha value is -1.62. The Morgan fingerprint density at radius 2 is 1.86 bits per heavy atom. The molecule has 1 N–H and O–H groups in total. The third-order valence-electron chi connectivity index (χ3n) is 3.74. The van der Waals surface area contributed by atoms with Gasteiger partial charge < -0.3 is 5.32 Å². The molecular formula is C16H27N5. The minimum absolute atomic E-state index is 0.279. The Kier molecular flexibility index (Phi) is 5.17. The molecule has 0 radical (unpaired) electrons. The van der Waals surface area contributed by atoms with Crippen LogP contribution in [0.3, 0.4) is 0 Å². The van der Waals surface area contributed by atoms with Crippen LogP contribution in [0.1, 0.15) is 49.1 Å². The number of nitrogens with one attached hydrogen (secondary N) is 1. The molecule has 0 saturated heterocycles. The van der Waals surface area contributed by atoms with E-state index in [1.165, 1.54) is 11.4 Å². The van der Waals surface area contributed by atoms with Gasteiger partial charge in [0, 0.05) is 25.7 Å². The zero-order chi connectivity index (χ0) is 15.4. The highest BCUT2D eigenvalue weighted by Crippen LogP contribution is 2.20. The number of aromatic nitrogens is 4. The van der Waals surface area contributed by atoms with Crippen LogP contribution in [0.15, 0.2) is 12.1 Å². The second kappa shape index (κ2) is 6.89. The highest BCUT2D eigenvalue weighted by Gasteiger charge is 2.18. The lowest BCUT2D eigenvalue weighted by Gasteiger charge is -2.19. The fourth-order valence-electron chi connectivity index (χ4n) is 2.76. The summed E-state index contributed by atoms with van der Waals surface area (Å²) in [5, 5.41) is 12.7. The van der Waals surface area contributed by atoms with Gasteiger partial charge in [-0.25, -0.2) is 0 Å². The Bertz CT molecular complexity index is 582. The van der Waals surface area contributed by atoms with Crippen molar-refractivity contribution in [1.82, 2.24) is 24.9 Å². The maximum atomic E-state index is 4.58. The fourth-order valence-corrected chi connectivity index (χ4v) is 2.76. The third-order valence-corrected chi connectivity index (χ3v) is 3.74. The molecule has 0 aromatic carbocycles. The maximum absolute atomic E-state index is 4.58. The first-order valence-corrected chi connectivity index (χ1v) is 7.82. The summed E-state index contributed by atoms with van der Waals surface area (Å²) in [5.74, 6) is 0. The third kappa shape index (κ3) is 3.73. The molecule has 5 heteroatoms. The van der Waals surface area contributed by atoms with E-state index in [0.717, 1.165) is 37.3 Å². The molecule has 0 aliphatic heterocycles. The lowest BCUT2D eigenvalue weighted by Crippen LogP contribution is -2.27. The maximum Gasteiger partial charge on any atom is 0.0597 e. The standard InChI is InChI=1S/C16H27N5/c1-6-8-17-15(11-14-9-12(3)18-20(14)5)16-10-13(4)19-21(16)7-2/h9-10,15,17H,6-8,11H2,1-5H3. The highest BCUT2D eigenvalue weighted by molar-refractivity contribution is 5.18. The Morgan fingerprint density at radius 3 is 2.43 bits per heavy atom. The van der Waals surface area contributed by atoms with Gasteiger partial charge in [-0.1, -0.05) is 6.92 Å². The van der Waals surface area contributed by atoms with Crippen LogP contribution < -0.4 is 5.32 Å². The van der Waals surface area contributed by atoms with Crippen LogP contribution in [-0.2, 0) is 20.0 Å². The molecule has 1 atom stereocenters. The molecule has 2 rings (SSSR count). The van der Waals surface area contributed by atoms with Gasteiger partial charge in [-0.2, -0.15) is 10.2 Å². The average Bonchev–Trinajstić information content (AvgIpc) is 2.97. The molecule has 2 aromatic rings. The summed E-state index contributed by atoms with van der Waals surface area (Å²) in [6, 6.07) is 4.64. The van der Waals surface area contributed by atoms with E-state index in [2.05, 4.69) is 53.1 Å². The van der Waals surface area contributed by atoms with E-state index in [1.807, 2.05) is 18.7 Å². The van der Waals surface area contributed by atoms with Gasteiger partial charge in [0.05, 0.1) is 23.1 Å². The molecule has 0 bridgehead atoms. The molecule has 21 heavy (non-hydrogen) atoms. The second-order valence-electron chi connectivity index (χ2n) is 5.64. The number of nitrogens with zero attached hydrogens (tertiary/aromatic N) is 4. The lowest BCUT2D eigenvalue weighted by atomic mass is 10.1. The lowest BCUT2D eigenvalue weighted by molar-refractivity contribution is 0.468. The molecule has 2 heterocycles. The predicted molar refractivity (Wildman–Crippen MR) is 85.3 cm³/mol. The van der Waals surface area contributed by atoms with Crippen LogP contribution >= 0.6 is 0 Å². The summed E-state index contributed by atoms with van der Waals surface area (Å²) in [4.78, 5) is 0. The van der Waals surface area contributed by atoms with Crippen LogP contribution in [0.25, 0.3) is 0 Å². The Morgan fingerprint density at radius 1 is 1.14 bits per heavy atom. The molecule has 116 valence electrons. The van der Waals surface area contributed by atoms with E-state index in [0.29, 0.717) is 0 Å². The second-order valence-corrected chi connectivity index (χ2v) is 5.64. The first kappa shape index (κ1) is 15.8. The van der Waals surface area contributed by atoms with Gasteiger partial charge >= 0.3 is 0 Å². The van der Waals surface area contributed by atoms with E-state index in [9.17, 15) is 0 Å². The monoisotopic (exact) mass is 289 g/mol. The highest BCUT2D eigenvalue weighted by atomic mass is 15.3. The molecule has 0 aliphatic carbocycles. The molecule has 0 saturated carbocycles. The summed E-state index contributed by atoms with van der Waals surface area (Å²) >= 11 is 0. The van der Waals surface area contributed by atoms with Crippen molar-refractivity contribution in [1.29, 1.82) is 0 Å². The quantitative estimate of drug-likeness (QED) is 0.852. The van der Waals surface area contributed by atoms with Crippen LogP contribution in [0.2, 0.25) is 0 Å². The molecule has 2 aromatic heterocycles. The van der Waals surface area contributed by atoms with Crippen molar-refractivity contribution in [2.75, 3.05) is 6.54 Å². The van der Waals surface area contributed by atoms with Crippen LogP contribution in [-0.4, -0.2) is 26.1 Å². The predicted octanol–water partition coefficient (Wildman–Crippen LogP) is 2.54. The van der Waals surface area contributed by atoms with Crippen LogP contribution in [0.4, 0.5) is 0 Å². The van der Waals surface area contributed by atoms with Crippen molar-refractivity contribution in [3.63, 3.8) is 0 Å². The van der Waals surface area contributed by atoms with Gasteiger partial charge in [-0.15, -0.1) is 0 Å². The van der Waals surface area contributed by atoms with Gasteiger partial charge in [0.1, 0.15) is 0 Å². The van der Waals surface area contributed by atoms with Gasteiger partial charge in [-0.3, -0.25) is 9.36 Å². The topological polar surface area (TPSA) is 47.7 Å². The van der Waals surface area contributed by atoms with Crippen molar-refractivity contribution in [3.8, 4) is 0 Å². The van der Waals surface area contributed by atoms with E-state index in [-0.39, 0.29) is 6.04 Å². The van der Waals surface area contributed by atoms with Crippen molar-refractivity contribution in [2.45, 2.75) is 53.1 Å². The molecule has 0 amide bonds. The van der Waals surface area contributed by atoms with Crippen molar-refractivity contribution in [2.24, 2.45) is 7.05 Å². The molecule has 0 spiro atoms. The first-order valence-electron chi connectivity index (χ1n) is 7.82. The molecule has 5 nitrogen and oxygen atoms in total. The van der Waals surface area contributed by atoms with E-state index < -0.39 is 0 Å². The van der Waals surface area contributed by atoms with Crippen molar-refractivity contribution < 1.29 is 0 Å². The van der Waals surface area contributed by atoms with E-state index in [4.69, 9.17) is 0 Å². The van der Waals surface area contributed by atoms with E-state index >= 15 is 0 Å². The van der Waals surface area contributed by atoms with E-state index in [1.54, 1.807) is 0 Å². The molecule has 1 unspecified atom stereocenters. The number of hydrogen-bond acceptors (Lipinski definition) is 3. The van der Waals surface area contributed by atoms with Gasteiger partial charge in [0.2, 0.25) is 0 Å². The smallest absolute Gasteiger partial charge is 0.0597 e. The molecule has 0 aliphatic rings. The summed E-state index contributed by atoms with van der Waals surface area (Å²) in [7, 11) is 2.02. The van der Waals surface area contributed by atoms with Crippen LogP contribution in [0, 0.1) is 13.8 Å². The number of rotatable bonds is 7. The zero-order valence-corrected chi connectivity index (χ0v) is 13.8. The number of aryl methyl sites for hydroxylation is 4. The summed E-state index contributed by atoms with van der Waals surface area (Å²) in [6.45, 7) is 10.3. The molecule has 0 fully saturated rings. The SMILES string of the molecule is CCCNC(Cc1cc(C)nn1C)c1cc(C)nn1CC. The summed E-state index contributed by atoms with van der Waals surface area (Å²) in [5.41, 5.74) is 4.67. The van der Waals surface area contributed by atoms with Gasteiger partial charge in [0.25, 0.3) is 0 Å². The van der Waals surface area contributed by atoms with Gasteiger partial charge in [0.15, 0.2) is 0 Å². The summed E-state index contributed by atoms with van der Waals surface area (Å²) in [6.07, 6.45) is 2.06. The normalized spacial score (nSPS) is 12.8. The number of hydrogen-bond donors (Lipinski definition) is 1. The average molecular weight is 289 g/mol. The minimum Gasteiger partial charge on any atom is -0.308 e. The molecular weight excluding hydrogens is 262 g/mol. The zero-order valence-electron chi connectivity index (χ0n) is 13.8. The Balaban J connectivity index is 2.27. The minimum atomic E-state index is 0.279. The Labute approximate surface area is 127 Å².